The maximum Gasteiger partial charge on any atom is 0.111 e. The fraction of sp³-hybridized carbons (Fsp3) is 0.882. The number of ether oxygens (including phenoxy) is 1. The Morgan fingerprint density at radius 2 is 2.00 bits per heavy atom. The zero-order valence-corrected chi connectivity index (χ0v) is 13.6. The van der Waals surface area contributed by atoms with Crippen molar-refractivity contribution in [3.63, 3.8) is 0 Å². The molecular formula is C17H32N2O. The van der Waals surface area contributed by atoms with Crippen molar-refractivity contribution in [1.82, 2.24) is 10.2 Å². The van der Waals surface area contributed by atoms with Crippen molar-refractivity contribution in [2.75, 3.05) is 26.2 Å². The highest BCUT2D eigenvalue weighted by molar-refractivity contribution is 5.15. The minimum atomic E-state index is 0.166. The van der Waals surface area contributed by atoms with E-state index in [1.165, 1.54) is 38.1 Å². The molecule has 3 nitrogen and oxygen atoms in total. The Morgan fingerprint density at radius 3 is 2.55 bits per heavy atom. The van der Waals surface area contributed by atoms with E-state index in [-0.39, 0.29) is 5.54 Å². The second-order valence-electron chi connectivity index (χ2n) is 6.35. The summed E-state index contributed by atoms with van der Waals surface area (Å²) in [7, 11) is 0. The first kappa shape index (κ1) is 15.8. The Bertz CT molecular complexity index is 323. The van der Waals surface area contributed by atoms with E-state index >= 15 is 0 Å². The number of likely N-dealkylation sites (N-methyl/N-ethyl adjacent to an activating group) is 1. The molecule has 0 saturated carbocycles. The molecule has 1 fully saturated rings. The number of rotatable bonds is 6. The summed E-state index contributed by atoms with van der Waals surface area (Å²) >= 11 is 0. The van der Waals surface area contributed by atoms with Crippen molar-refractivity contribution in [3.8, 4) is 0 Å². The van der Waals surface area contributed by atoms with Crippen LogP contribution in [0.2, 0.25) is 0 Å². The van der Waals surface area contributed by atoms with Gasteiger partial charge in [0.15, 0.2) is 0 Å². The summed E-state index contributed by atoms with van der Waals surface area (Å²) in [5.74, 6) is 1.19. The molecule has 2 atom stereocenters. The lowest BCUT2D eigenvalue weighted by Gasteiger charge is -2.48. The van der Waals surface area contributed by atoms with Crippen LogP contribution in [-0.4, -0.2) is 42.7 Å². The number of allylic oxidation sites excluding steroid dienone is 1. The van der Waals surface area contributed by atoms with Gasteiger partial charge in [0.1, 0.15) is 5.76 Å². The molecule has 0 aromatic heterocycles. The van der Waals surface area contributed by atoms with Crippen molar-refractivity contribution in [2.45, 2.75) is 70.9 Å². The smallest absolute Gasteiger partial charge is 0.111 e. The monoisotopic (exact) mass is 280 g/mol. The highest BCUT2D eigenvalue weighted by atomic mass is 16.5. The highest BCUT2D eigenvalue weighted by Crippen LogP contribution is 2.32. The minimum Gasteiger partial charge on any atom is -0.497 e. The summed E-state index contributed by atoms with van der Waals surface area (Å²) in [6.07, 6.45) is 9.87. The quantitative estimate of drug-likeness (QED) is 0.808. The van der Waals surface area contributed by atoms with E-state index in [4.69, 9.17) is 4.74 Å². The van der Waals surface area contributed by atoms with Crippen LogP contribution in [0, 0.1) is 0 Å². The topological polar surface area (TPSA) is 24.5 Å². The maximum atomic E-state index is 6.00. The van der Waals surface area contributed by atoms with Gasteiger partial charge in [0.25, 0.3) is 0 Å². The van der Waals surface area contributed by atoms with E-state index in [0.29, 0.717) is 6.04 Å². The van der Waals surface area contributed by atoms with Gasteiger partial charge in [0, 0.05) is 5.54 Å². The fourth-order valence-corrected chi connectivity index (χ4v) is 3.62. The maximum absolute atomic E-state index is 6.00. The van der Waals surface area contributed by atoms with E-state index < -0.39 is 0 Å². The van der Waals surface area contributed by atoms with Crippen LogP contribution >= 0.6 is 0 Å². The molecule has 0 bridgehead atoms. The van der Waals surface area contributed by atoms with Gasteiger partial charge in [0.2, 0.25) is 0 Å². The summed E-state index contributed by atoms with van der Waals surface area (Å²) < 4.78 is 6.00. The third kappa shape index (κ3) is 3.37. The molecule has 116 valence electrons. The number of nitrogens with zero attached hydrogens (tertiary/aromatic N) is 1. The van der Waals surface area contributed by atoms with E-state index in [1.54, 1.807) is 0 Å². The molecule has 20 heavy (non-hydrogen) atoms. The number of piperidine rings is 1. The van der Waals surface area contributed by atoms with Gasteiger partial charge in [-0.1, -0.05) is 20.3 Å². The molecule has 0 aromatic carbocycles. The zero-order chi connectivity index (χ0) is 14.4. The summed E-state index contributed by atoms with van der Waals surface area (Å²) in [4.78, 5) is 2.70. The SMILES string of the molecule is CCNC(C1=CCCCO1)C(C)(CC)N1CCCCC1. The molecule has 1 saturated heterocycles. The molecule has 0 spiro atoms. The standard InChI is InChI=1S/C17H32N2O/c1-4-17(3,19-12-8-6-9-13-19)16(18-5-2)15-11-7-10-14-20-15/h11,16,18H,4-10,12-14H2,1-3H3. The van der Waals surface area contributed by atoms with Crippen LogP contribution in [0.1, 0.15) is 59.3 Å². The van der Waals surface area contributed by atoms with Crippen LogP contribution in [0.5, 0.6) is 0 Å². The predicted octanol–water partition coefficient (Wildman–Crippen LogP) is 3.31. The fourth-order valence-electron chi connectivity index (χ4n) is 3.62. The molecule has 0 aromatic rings. The van der Waals surface area contributed by atoms with Crippen molar-refractivity contribution < 1.29 is 4.74 Å². The van der Waals surface area contributed by atoms with Gasteiger partial charge in [-0.2, -0.15) is 0 Å². The van der Waals surface area contributed by atoms with Gasteiger partial charge in [-0.3, -0.25) is 4.90 Å². The molecule has 0 radical (unpaired) electrons. The van der Waals surface area contributed by atoms with Crippen LogP contribution in [0.25, 0.3) is 0 Å². The largest absolute Gasteiger partial charge is 0.497 e. The Morgan fingerprint density at radius 1 is 1.25 bits per heavy atom. The average Bonchev–Trinajstić information content (AvgIpc) is 2.53. The van der Waals surface area contributed by atoms with E-state index in [0.717, 1.165) is 32.4 Å². The molecule has 2 aliphatic rings. The molecule has 1 N–H and O–H groups in total. The number of nitrogens with one attached hydrogen (secondary N) is 1. The lowest BCUT2D eigenvalue weighted by molar-refractivity contribution is 0.0291. The van der Waals surface area contributed by atoms with Crippen molar-refractivity contribution >= 4 is 0 Å². The number of hydrogen-bond donors (Lipinski definition) is 1. The Kier molecular flexibility index (Phi) is 5.91. The number of likely N-dealkylation sites (tertiary alicyclic amines) is 1. The first-order chi connectivity index (χ1) is 9.72. The summed E-state index contributed by atoms with van der Waals surface area (Å²) in [6, 6.07) is 0.330. The van der Waals surface area contributed by atoms with Crippen LogP contribution in [-0.2, 0) is 4.74 Å². The van der Waals surface area contributed by atoms with Gasteiger partial charge in [0.05, 0.1) is 12.6 Å². The second-order valence-corrected chi connectivity index (χ2v) is 6.35. The van der Waals surface area contributed by atoms with Gasteiger partial charge in [-0.25, -0.2) is 0 Å². The average molecular weight is 280 g/mol. The van der Waals surface area contributed by atoms with E-state index in [9.17, 15) is 0 Å². The Balaban J connectivity index is 2.20. The third-order valence-electron chi connectivity index (χ3n) is 5.07. The van der Waals surface area contributed by atoms with Gasteiger partial charge in [-0.05, 0) is 64.7 Å². The molecule has 0 aliphatic carbocycles. The lowest BCUT2D eigenvalue weighted by atomic mass is 9.83. The molecule has 0 amide bonds. The first-order valence-corrected chi connectivity index (χ1v) is 8.53. The third-order valence-corrected chi connectivity index (χ3v) is 5.07. The Hall–Kier alpha value is -0.540. The molecule has 3 heteroatoms. The summed E-state index contributed by atoms with van der Waals surface area (Å²) in [5.41, 5.74) is 0.166. The van der Waals surface area contributed by atoms with E-state index in [2.05, 4.69) is 37.1 Å². The molecule has 2 rings (SSSR count). The van der Waals surface area contributed by atoms with Crippen LogP contribution in [0.15, 0.2) is 11.8 Å². The summed E-state index contributed by atoms with van der Waals surface area (Å²) in [5, 5.41) is 3.71. The van der Waals surface area contributed by atoms with Gasteiger partial charge < -0.3 is 10.1 Å². The predicted molar refractivity (Wildman–Crippen MR) is 84.9 cm³/mol. The highest BCUT2D eigenvalue weighted by Gasteiger charge is 2.41. The van der Waals surface area contributed by atoms with E-state index in [1.807, 2.05) is 0 Å². The first-order valence-electron chi connectivity index (χ1n) is 8.53. The van der Waals surface area contributed by atoms with Gasteiger partial charge in [-0.15, -0.1) is 0 Å². The molecule has 2 unspecified atom stereocenters. The Labute approximate surface area is 124 Å². The molecule has 2 heterocycles. The number of hydrogen-bond acceptors (Lipinski definition) is 3. The second kappa shape index (κ2) is 7.46. The van der Waals surface area contributed by atoms with Crippen molar-refractivity contribution in [1.29, 1.82) is 0 Å². The van der Waals surface area contributed by atoms with Crippen LogP contribution < -0.4 is 5.32 Å². The minimum absolute atomic E-state index is 0.166. The molecular weight excluding hydrogens is 248 g/mol. The normalized spacial score (nSPS) is 25.4. The van der Waals surface area contributed by atoms with Crippen molar-refractivity contribution in [3.05, 3.63) is 11.8 Å². The lowest BCUT2D eigenvalue weighted by Crippen LogP contribution is -2.61. The van der Waals surface area contributed by atoms with Crippen LogP contribution in [0.4, 0.5) is 0 Å². The zero-order valence-electron chi connectivity index (χ0n) is 13.6. The van der Waals surface area contributed by atoms with Gasteiger partial charge >= 0.3 is 0 Å². The summed E-state index contributed by atoms with van der Waals surface area (Å²) in [6.45, 7) is 11.3. The van der Waals surface area contributed by atoms with Crippen LogP contribution in [0.3, 0.4) is 0 Å². The van der Waals surface area contributed by atoms with Crippen molar-refractivity contribution in [2.24, 2.45) is 0 Å². The molecule has 2 aliphatic heterocycles.